The van der Waals surface area contributed by atoms with Gasteiger partial charge in [0.1, 0.15) is 18.0 Å². The SMILES string of the molecule is Cc1c(NN)ncnc1NC(C)c1cccc(Br)c1. The minimum atomic E-state index is 0.136. The van der Waals surface area contributed by atoms with Gasteiger partial charge in [0, 0.05) is 16.1 Å². The van der Waals surface area contributed by atoms with Crippen LogP contribution in [0.5, 0.6) is 0 Å². The predicted molar refractivity (Wildman–Crippen MR) is 80.8 cm³/mol. The molecule has 1 atom stereocenters. The molecule has 1 unspecified atom stereocenters. The van der Waals surface area contributed by atoms with Crippen LogP contribution < -0.4 is 16.6 Å². The number of halogens is 1. The summed E-state index contributed by atoms with van der Waals surface area (Å²) in [4.78, 5) is 8.30. The standard InChI is InChI=1S/C13H16BrN5/c1-8-12(16-7-17-13(8)19-15)18-9(2)10-4-3-5-11(14)6-10/h3-7,9H,15H2,1-2H3,(H2,16,17,18,19). The lowest BCUT2D eigenvalue weighted by Gasteiger charge is -2.17. The number of aromatic nitrogens is 2. The van der Waals surface area contributed by atoms with E-state index in [0.717, 1.165) is 15.9 Å². The van der Waals surface area contributed by atoms with Gasteiger partial charge in [-0.15, -0.1) is 0 Å². The van der Waals surface area contributed by atoms with Crippen molar-refractivity contribution < 1.29 is 0 Å². The molecule has 0 amide bonds. The molecule has 2 rings (SSSR count). The molecule has 1 heterocycles. The van der Waals surface area contributed by atoms with Gasteiger partial charge in [-0.1, -0.05) is 28.1 Å². The van der Waals surface area contributed by atoms with E-state index in [-0.39, 0.29) is 6.04 Å². The smallest absolute Gasteiger partial charge is 0.148 e. The molecule has 0 saturated carbocycles. The molecule has 0 saturated heterocycles. The summed E-state index contributed by atoms with van der Waals surface area (Å²) in [5.74, 6) is 6.80. The van der Waals surface area contributed by atoms with Crippen molar-refractivity contribution in [3.63, 3.8) is 0 Å². The normalized spacial score (nSPS) is 12.0. The van der Waals surface area contributed by atoms with Gasteiger partial charge >= 0.3 is 0 Å². The van der Waals surface area contributed by atoms with Gasteiger partial charge in [0.25, 0.3) is 0 Å². The summed E-state index contributed by atoms with van der Waals surface area (Å²) < 4.78 is 1.06. The van der Waals surface area contributed by atoms with Crippen molar-refractivity contribution in [2.45, 2.75) is 19.9 Å². The first-order chi connectivity index (χ1) is 9.11. The van der Waals surface area contributed by atoms with E-state index in [9.17, 15) is 0 Å². The summed E-state index contributed by atoms with van der Waals surface area (Å²) in [5, 5.41) is 3.36. The van der Waals surface area contributed by atoms with Crippen LogP contribution >= 0.6 is 15.9 Å². The van der Waals surface area contributed by atoms with Crippen molar-refractivity contribution >= 4 is 27.6 Å². The van der Waals surface area contributed by atoms with E-state index >= 15 is 0 Å². The van der Waals surface area contributed by atoms with E-state index in [0.29, 0.717) is 5.82 Å². The van der Waals surface area contributed by atoms with Gasteiger partial charge in [0.05, 0.1) is 0 Å². The van der Waals surface area contributed by atoms with Crippen LogP contribution in [-0.2, 0) is 0 Å². The fourth-order valence-corrected chi connectivity index (χ4v) is 2.22. The van der Waals surface area contributed by atoms with Crippen LogP contribution in [0.2, 0.25) is 0 Å². The van der Waals surface area contributed by atoms with Crippen molar-refractivity contribution in [1.29, 1.82) is 0 Å². The molecule has 1 aromatic carbocycles. The highest BCUT2D eigenvalue weighted by Gasteiger charge is 2.10. The first-order valence-corrected chi connectivity index (χ1v) is 6.71. The summed E-state index contributed by atoms with van der Waals surface area (Å²) in [6.45, 7) is 4.00. The first-order valence-electron chi connectivity index (χ1n) is 5.92. The molecule has 0 radical (unpaired) electrons. The lowest BCUT2D eigenvalue weighted by molar-refractivity contribution is 0.867. The van der Waals surface area contributed by atoms with Gasteiger partial charge in [0.2, 0.25) is 0 Å². The topological polar surface area (TPSA) is 75.9 Å². The summed E-state index contributed by atoms with van der Waals surface area (Å²) in [6, 6.07) is 8.30. The van der Waals surface area contributed by atoms with Crippen LogP contribution in [0.25, 0.3) is 0 Å². The Morgan fingerprint density at radius 3 is 2.68 bits per heavy atom. The van der Waals surface area contributed by atoms with E-state index in [1.54, 1.807) is 0 Å². The van der Waals surface area contributed by atoms with E-state index in [1.165, 1.54) is 11.9 Å². The molecule has 4 N–H and O–H groups in total. The second-order valence-corrected chi connectivity index (χ2v) is 5.18. The number of anilines is 2. The molecule has 2 aromatic rings. The Morgan fingerprint density at radius 2 is 2.00 bits per heavy atom. The fourth-order valence-electron chi connectivity index (χ4n) is 1.81. The number of hydrogen-bond donors (Lipinski definition) is 3. The molecule has 1 aromatic heterocycles. The van der Waals surface area contributed by atoms with Gasteiger partial charge in [-0.25, -0.2) is 15.8 Å². The number of nitrogens with zero attached hydrogens (tertiary/aromatic N) is 2. The lowest BCUT2D eigenvalue weighted by atomic mass is 10.1. The third-order valence-corrected chi connectivity index (χ3v) is 3.42. The quantitative estimate of drug-likeness (QED) is 0.596. The average Bonchev–Trinajstić information content (AvgIpc) is 2.41. The molecule has 0 fully saturated rings. The maximum Gasteiger partial charge on any atom is 0.148 e. The third kappa shape index (κ3) is 3.21. The number of rotatable bonds is 4. The van der Waals surface area contributed by atoms with Crippen molar-refractivity contribution in [1.82, 2.24) is 9.97 Å². The van der Waals surface area contributed by atoms with Crippen LogP contribution in [0.1, 0.15) is 24.1 Å². The predicted octanol–water partition coefficient (Wildman–Crippen LogP) is 3.01. The second-order valence-electron chi connectivity index (χ2n) is 4.26. The molecule has 0 aliphatic carbocycles. The summed E-state index contributed by atoms with van der Waals surface area (Å²) in [6.07, 6.45) is 1.48. The van der Waals surface area contributed by atoms with Crippen molar-refractivity contribution in [3.05, 3.63) is 46.2 Å². The largest absolute Gasteiger partial charge is 0.363 e. The Kier molecular flexibility index (Phi) is 4.34. The van der Waals surface area contributed by atoms with Gasteiger partial charge in [-0.05, 0) is 31.5 Å². The number of nitrogen functional groups attached to an aromatic ring is 1. The monoisotopic (exact) mass is 321 g/mol. The van der Waals surface area contributed by atoms with Crippen LogP contribution in [0.15, 0.2) is 35.1 Å². The number of hydrazine groups is 1. The van der Waals surface area contributed by atoms with E-state index in [2.05, 4.69) is 55.7 Å². The molecule has 5 nitrogen and oxygen atoms in total. The number of nitrogens with two attached hydrogens (primary N) is 1. The molecular weight excluding hydrogens is 306 g/mol. The van der Waals surface area contributed by atoms with Crippen molar-refractivity contribution in [3.8, 4) is 0 Å². The van der Waals surface area contributed by atoms with Crippen molar-refractivity contribution in [2.75, 3.05) is 10.7 Å². The zero-order valence-electron chi connectivity index (χ0n) is 10.8. The molecule has 19 heavy (non-hydrogen) atoms. The fraction of sp³-hybridized carbons (Fsp3) is 0.231. The van der Waals surface area contributed by atoms with E-state index in [1.807, 2.05) is 19.1 Å². The Hall–Kier alpha value is -1.66. The minimum Gasteiger partial charge on any atom is -0.363 e. The maximum absolute atomic E-state index is 5.41. The molecule has 6 heteroatoms. The maximum atomic E-state index is 5.41. The zero-order valence-corrected chi connectivity index (χ0v) is 12.4. The highest BCUT2D eigenvalue weighted by atomic mass is 79.9. The van der Waals surface area contributed by atoms with Crippen LogP contribution in [0.4, 0.5) is 11.6 Å². The Bertz CT molecular complexity index is 573. The van der Waals surface area contributed by atoms with E-state index < -0.39 is 0 Å². The number of hydrogen-bond acceptors (Lipinski definition) is 5. The second kappa shape index (κ2) is 5.99. The molecule has 100 valence electrons. The van der Waals surface area contributed by atoms with Crippen molar-refractivity contribution in [2.24, 2.45) is 5.84 Å². The van der Waals surface area contributed by atoms with Gasteiger partial charge in [-0.2, -0.15) is 0 Å². The lowest BCUT2D eigenvalue weighted by Crippen LogP contribution is -2.14. The van der Waals surface area contributed by atoms with Crippen LogP contribution in [0, 0.1) is 6.92 Å². The average molecular weight is 322 g/mol. The highest BCUT2D eigenvalue weighted by Crippen LogP contribution is 2.24. The van der Waals surface area contributed by atoms with Gasteiger partial charge < -0.3 is 10.7 Å². The zero-order chi connectivity index (χ0) is 13.8. The molecule has 0 aliphatic rings. The van der Waals surface area contributed by atoms with Crippen LogP contribution in [0.3, 0.4) is 0 Å². The molecular formula is C13H16BrN5. The Morgan fingerprint density at radius 1 is 1.26 bits per heavy atom. The molecule has 0 spiro atoms. The highest BCUT2D eigenvalue weighted by molar-refractivity contribution is 9.10. The van der Waals surface area contributed by atoms with Gasteiger partial charge in [-0.3, -0.25) is 0 Å². The number of benzene rings is 1. The minimum absolute atomic E-state index is 0.136. The Labute approximate surface area is 120 Å². The van der Waals surface area contributed by atoms with E-state index in [4.69, 9.17) is 5.84 Å². The number of nitrogens with one attached hydrogen (secondary N) is 2. The third-order valence-electron chi connectivity index (χ3n) is 2.92. The summed E-state index contributed by atoms with van der Waals surface area (Å²) in [7, 11) is 0. The molecule has 0 bridgehead atoms. The summed E-state index contributed by atoms with van der Waals surface area (Å²) >= 11 is 3.47. The van der Waals surface area contributed by atoms with Gasteiger partial charge in [0.15, 0.2) is 0 Å². The Balaban J connectivity index is 2.21. The first kappa shape index (κ1) is 13.8. The summed E-state index contributed by atoms with van der Waals surface area (Å²) in [5.41, 5.74) is 4.63. The molecule has 0 aliphatic heterocycles. The van der Waals surface area contributed by atoms with Crippen LogP contribution in [-0.4, -0.2) is 9.97 Å².